The zero-order valence-corrected chi connectivity index (χ0v) is 12.4. The molecule has 2 N–H and O–H groups in total. The minimum Gasteiger partial charge on any atom is -0.512 e. The Morgan fingerprint density at radius 3 is 2.57 bits per heavy atom. The van der Waals surface area contributed by atoms with E-state index >= 15 is 0 Å². The lowest BCUT2D eigenvalue weighted by atomic mass is 9.98. The molecule has 2 aliphatic heterocycles. The van der Waals surface area contributed by atoms with E-state index in [-0.39, 0.29) is 11.3 Å². The minimum atomic E-state index is -1.21. The lowest BCUT2D eigenvalue weighted by Crippen LogP contribution is -2.47. The zero-order chi connectivity index (χ0) is 15.4. The topological polar surface area (TPSA) is 67.8 Å². The molecule has 0 unspecified atom stereocenters. The average Bonchev–Trinajstić information content (AvgIpc) is 2.64. The molecule has 0 fully saturated rings. The van der Waals surface area contributed by atoms with E-state index in [0.29, 0.717) is 11.5 Å². The fourth-order valence-electron chi connectivity index (χ4n) is 2.70. The van der Waals surface area contributed by atoms with Crippen LogP contribution in [0.3, 0.4) is 0 Å². The van der Waals surface area contributed by atoms with Crippen molar-refractivity contribution >= 4 is 11.7 Å². The van der Waals surface area contributed by atoms with Gasteiger partial charge in [0.05, 0.1) is 5.69 Å². The fourth-order valence-corrected chi connectivity index (χ4v) is 2.70. The van der Waals surface area contributed by atoms with Crippen LogP contribution in [0.2, 0.25) is 0 Å². The molecule has 0 aromatic heterocycles. The van der Waals surface area contributed by atoms with Gasteiger partial charge in [0.2, 0.25) is 5.72 Å². The molecule has 110 valence electrons. The normalized spacial score (nSPS) is 25.7. The van der Waals surface area contributed by atoms with Crippen LogP contribution in [-0.4, -0.2) is 16.8 Å². The van der Waals surface area contributed by atoms with Crippen LogP contribution < -0.4 is 10.1 Å². The maximum atomic E-state index is 12.1. The second-order valence-electron chi connectivity index (χ2n) is 5.50. The molecule has 5 heteroatoms. The number of hydrogen-bond donors (Lipinski definition) is 2. The van der Waals surface area contributed by atoms with Crippen LogP contribution >= 0.6 is 0 Å². The molecular weight excluding hydrogens is 270 g/mol. The summed E-state index contributed by atoms with van der Waals surface area (Å²) in [5.74, 6) is 0.343. The van der Waals surface area contributed by atoms with Crippen LogP contribution in [0.4, 0.5) is 5.69 Å². The number of hydrogen-bond acceptors (Lipinski definition) is 5. The van der Waals surface area contributed by atoms with Crippen molar-refractivity contribution in [3.05, 3.63) is 46.4 Å². The highest BCUT2D eigenvalue weighted by atomic mass is 16.6. The smallest absolute Gasteiger partial charge is 0.349 e. The standard InChI is InChI=1S/C16H17NO4/c1-8-5-12-13(6-9(8)2)21-16(17-12)7-10(3)20-15(19)14(16)11(4)18/h5-7,17-18H,1-4H3/t16-/m0/s1. The molecule has 3 rings (SSSR count). The summed E-state index contributed by atoms with van der Waals surface area (Å²) in [4.78, 5) is 12.1. The number of carbonyl (C=O) groups is 1. The van der Waals surface area contributed by atoms with Gasteiger partial charge in [-0.3, -0.25) is 0 Å². The third-order valence-electron chi connectivity index (χ3n) is 3.78. The van der Waals surface area contributed by atoms with Gasteiger partial charge in [-0.1, -0.05) is 0 Å². The Labute approximate surface area is 122 Å². The van der Waals surface area contributed by atoms with Gasteiger partial charge in [-0.25, -0.2) is 4.79 Å². The number of carbonyl (C=O) groups excluding carboxylic acids is 1. The zero-order valence-electron chi connectivity index (χ0n) is 12.4. The van der Waals surface area contributed by atoms with Gasteiger partial charge in [0.1, 0.15) is 22.8 Å². The van der Waals surface area contributed by atoms with Crippen LogP contribution in [-0.2, 0) is 9.53 Å². The summed E-state index contributed by atoms with van der Waals surface area (Å²) in [5.41, 5.74) is 1.86. The molecule has 1 spiro atoms. The second kappa shape index (κ2) is 4.28. The van der Waals surface area contributed by atoms with Crippen LogP contribution in [0.5, 0.6) is 5.75 Å². The van der Waals surface area contributed by atoms with Gasteiger partial charge in [-0.05, 0) is 51.0 Å². The van der Waals surface area contributed by atoms with Crippen molar-refractivity contribution in [2.24, 2.45) is 0 Å². The van der Waals surface area contributed by atoms with E-state index in [2.05, 4.69) is 5.32 Å². The van der Waals surface area contributed by atoms with Gasteiger partial charge in [-0.2, -0.15) is 0 Å². The van der Waals surface area contributed by atoms with Crippen molar-refractivity contribution < 1.29 is 19.4 Å². The van der Waals surface area contributed by atoms with Gasteiger partial charge in [0, 0.05) is 6.08 Å². The van der Waals surface area contributed by atoms with Gasteiger partial charge in [-0.15, -0.1) is 0 Å². The summed E-state index contributed by atoms with van der Waals surface area (Å²) < 4.78 is 11.1. The van der Waals surface area contributed by atoms with Gasteiger partial charge in [0.15, 0.2) is 0 Å². The first-order chi connectivity index (χ1) is 9.82. The monoisotopic (exact) mass is 287 g/mol. The number of fused-ring (bicyclic) bond motifs is 1. The van der Waals surface area contributed by atoms with Crippen LogP contribution in [0.15, 0.2) is 35.3 Å². The number of cyclic esters (lactones) is 1. The Hall–Kier alpha value is -2.43. The van der Waals surface area contributed by atoms with E-state index in [1.165, 1.54) is 6.92 Å². The first-order valence-electron chi connectivity index (χ1n) is 6.73. The number of ether oxygens (including phenoxy) is 2. The molecule has 0 bridgehead atoms. The Morgan fingerprint density at radius 1 is 1.24 bits per heavy atom. The summed E-state index contributed by atoms with van der Waals surface area (Å²) >= 11 is 0. The van der Waals surface area contributed by atoms with Crippen molar-refractivity contribution in [1.29, 1.82) is 0 Å². The molecule has 0 saturated heterocycles. The quantitative estimate of drug-likeness (QED) is 0.436. The lowest BCUT2D eigenvalue weighted by molar-refractivity contribution is -0.138. The van der Waals surface area contributed by atoms with E-state index in [1.807, 2.05) is 26.0 Å². The lowest BCUT2D eigenvalue weighted by Gasteiger charge is -2.31. The largest absolute Gasteiger partial charge is 0.512 e. The molecule has 0 aliphatic carbocycles. The van der Waals surface area contributed by atoms with E-state index in [1.54, 1.807) is 13.0 Å². The first kappa shape index (κ1) is 13.5. The van der Waals surface area contributed by atoms with Gasteiger partial charge >= 0.3 is 5.97 Å². The first-order valence-corrected chi connectivity index (χ1v) is 6.73. The summed E-state index contributed by atoms with van der Waals surface area (Å²) in [7, 11) is 0. The number of allylic oxidation sites excluding steroid dienone is 2. The Morgan fingerprint density at radius 2 is 1.90 bits per heavy atom. The third kappa shape index (κ3) is 1.96. The minimum absolute atomic E-state index is 0.0691. The summed E-state index contributed by atoms with van der Waals surface area (Å²) in [6.07, 6.45) is 1.66. The molecule has 0 amide bonds. The van der Waals surface area contributed by atoms with Crippen molar-refractivity contribution in [3.63, 3.8) is 0 Å². The number of nitrogens with one attached hydrogen (secondary N) is 1. The van der Waals surface area contributed by atoms with Crippen molar-refractivity contribution in [2.75, 3.05) is 5.32 Å². The van der Waals surface area contributed by atoms with Crippen molar-refractivity contribution in [2.45, 2.75) is 33.4 Å². The van der Waals surface area contributed by atoms with E-state index in [0.717, 1.165) is 16.8 Å². The highest BCUT2D eigenvalue weighted by molar-refractivity contribution is 5.95. The highest BCUT2D eigenvalue weighted by Gasteiger charge is 2.49. The summed E-state index contributed by atoms with van der Waals surface area (Å²) in [6, 6.07) is 3.88. The molecular formula is C16H17NO4. The maximum absolute atomic E-state index is 12.1. The molecule has 2 aliphatic rings. The summed E-state index contributed by atoms with van der Waals surface area (Å²) in [6.45, 7) is 7.12. The van der Waals surface area contributed by atoms with E-state index < -0.39 is 11.7 Å². The number of benzene rings is 1. The molecule has 2 heterocycles. The predicted molar refractivity (Wildman–Crippen MR) is 78.1 cm³/mol. The van der Waals surface area contributed by atoms with Gasteiger partial charge in [0.25, 0.3) is 0 Å². The SMILES string of the molecule is CC1=C[C@@]2(Nc3cc(C)c(C)cc3O2)C(=C(C)O)C(=O)O1. The molecule has 0 saturated carbocycles. The predicted octanol–water partition coefficient (Wildman–Crippen LogP) is 3.10. The van der Waals surface area contributed by atoms with Gasteiger partial charge < -0.3 is 19.9 Å². The maximum Gasteiger partial charge on any atom is 0.349 e. The van der Waals surface area contributed by atoms with Crippen LogP contribution in [0.25, 0.3) is 0 Å². The van der Waals surface area contributed by atoms with Crippen molar-refractivity contribution in [1.82, 2.24) is 0 Å². The van der Waals surface area contributed by atoms with E-state index in [9.17, 15) is 9.90 Å². The average molecular weight is 287 g/mol. The number of anilines is 1. The number of rotatable bonds is 0. The Bertz CT molecular complexity index is 680. The number of esters is 1. The molecule has 21 heavy (non-hydrogen) atoms. The molecule has 1 atom stereocenters. The Kier molecular flexibility index (Phi) is 2.76. The van der Waals surface area contributed by atoms with E-state index in [4.69, 9.17) is 9.47 Å². The highest BCUT2D eigenvalue weighted by Crippen LogP contribution is 2.45. The Balaban J connectivity index is 2.16. The van der Waals surface area contributed by atoms with Crippen LogP contribution in [0, 0.1) is 13.8 Å². The fraction of sp³-hybridized carbons (Fsp3) is 0.312. The molecule has 5 nitrogen and oxygen atoms in total. The molecule has 1 aromatic rings. The molecule has 1 aromatic carbocycles. The number of aryl methyl sites for hydroxylation is 2. The van der Waals surface area contributed by atoms with Crippen molar-refractivity contribution in [3.8, 4) is 5.75 Å². The second-order valence-corrected chi connectivity index (χ2v) is 5.50. The number of aliphatic hydroxyl groups excluding tert-OH is 1. The third-order valence-corrected chi connectivity index (χ3v) is 3.78. The molecule has 0 radical (unpaired) electrons. The van der Waals surface area contributed by atoms with Crippen LogP contribution in [0.1, 0.15) is 25.0 Å². The number of aliphatic hydroxyl groups is 1. The summed E-state index contributed by atoms with van der Waals surface area (Å²) in [5, 5.41) is 13.1.